The van der Waals surface area contributed by atoms with Gasteiger partial charge in [0.05, 0.1) is 5.56 Å². The molecule has 0 fully saturated rings. The lowest BCUT2D eigenvalue weighted by atomic mass is 10.1. The average molecular weight is 300 g/mol. The number of carboxylic acid groups (broad SMARTS) is 1. The molecular weight excluding hydrogens is 284 g/mol. The summed E-state index contributed by atoms with van der Waals surface area (Å²) in [5.74, 6) is -0.702. The molecule has 2 amide bonds. The summed E-state index contributed by atoms with van der Waals surface area (Å²) in [5.41, 5.74) is 2.50. The van der Waals surface area contributed by atoms with E-state index in [4.69, 9.17) is 5.11 Å². The van der Waals surface area contributed by atoms with Crippen LogP contribution >= 0.6 is 0 Å². The van der Waals surface area contributed by atoms with E-state index in [0.717, 1.165) is 12.0 Å². The summed E-state index contributed by atoms with van der Waals surface area (Å²) in [6.07, 6.45) is 4.04. The predicted molar refractivity (Wildman–Crippen MR) is 79.7 cm³/mol. The zero-order valence-corrected chi connectivity index (χ0v) is 12.1. The molecule has 3 rings (SSSR count). The second kappa shape index (κ2) is 5.51. The van der Waals surface area contributed by atoms with Crippen LogP contribution in [-0.4, -0.2) is 38.1 Å². The number of urea groups is 1. The minimum Gasteiger partial charge on any atom is -0.478 e. The van der Waals surface area contributed by atoms with Gasteiger partial charge in [0.15, 0.2) is 0 Å². The molecule has 22 heavy (non-hydrogen) atoms. The molecule has 0 saturated carbocycles. The molecule has 0 atom stereocenters. The van der Waals surface area contributed by atoms with Crippen molar-refractivity contribution < 1.29 is 14.7 Å². The highest BCUT2D eigenvalue weighted by atomic mass is 16.4. The maximum absolute atomic E-state index is 12.3. The topological polar surface area (TPSA) is 87.5 Å². The van der Waals surface area contributed by atoms with E-state index in [2.05, 4.69) is 14.9 Å². The number of aromatic carboxylic acids is 1. The number of nitrogens with zero attached hydrogens (tertiary/aromatic N) is 3. The van der Waals surface area contributed by atoms with Crippen molar-refractivity contribution in [1.29, 1.82) is 0 Å². The van der Waals surface area contributed by atoms with Crippen LogP contribution in [0, 0.1) is 0 Å². The van der Waals surface area contributed by atoms with Crippen LogP contribution in [0.1, 0.15) is 21.6 Å². The molecule has 7 heteroatoms. The molecule has 7 nitrogen and oxygen atoms in total. The van der Waals surface area contributed by atoms with Crippen LogP contribution in [0.4, 0.5) is 10.6 Å². The molecule has 0 aliphatic carbocycles. The number of pyridine rings is 1. The molecule has 2 aromatic rings. The molecule has 0 bridgehead atoms. The second-order valence-corrected chi connectivity index (χ2v) is 5.24. The number of aromatic nitrogens is 2. The van der Waals surface area contributed by atoms with Gasteiger partial charge in [-0.1, -0.05) is 0 Å². The van der Waals surface area contributed by atoms with Crippen molar-refractivity contribution in [3.8, 4) is 0 Å². The fourth-order valence-corrected chi connectivity index (χ4v) is 2.58. The van der Waals surface area contributed by atoms with Crippen molar-refractivity contribution in [2.75, 3.05) is 11.9 Å². The van der Waals surface area contributed by atoms with Gasteiger partial charge in [0, 0.05) is 44.6 Å². The zero-order chi connectivity index (χ0) is 15.7. The SMILES string of the molecule is Cn1ccc2c1CCN(C(=O)Nc1ccc(C(=O)O)cn1)C2. The molecule has 0 saturated heterocycles. The Labute approximate surface area is 127 Å². The molecule has 1 aliphatic heterocycles. The van der Waals surface area contributed by atoms with Crippen LogP contribution in [0.3, 0.4) is 0 Å². The van der Waals surface area contributed by atoms with Crippen LogP contribution in [0.2, 0.25) is 0 Å². The van der Waals surface area contributed by atoms with Gasteiger partial charge in [-0.05, 0) is 23.8 Å². The molecule has 2 aromatic heterocycles. The summed E-state index contributed by atoms with van der Waals surface area (Å²) in [5, 5.41) is 11.5. The number of aryl methyl sites for hydroxylation is 1. The minimum atomic E-state index is -1.04. The lowest BCUT2D eigenvalue weighted by molar-refractivity contribution is 0.0696. The first-order chi connectivity index (χ1) is 10.5. The fraction of sp³-hybridized carbons (Fsp3) is 0.267. The number of carbonyl (C=O) groups excluding carboxylic acids is 1. The number of carboxylic acids is 1. The third-order valence-corrected chi connectivity index (χ3v) is 3.81. The summed E-state index contributed by atoms with van der Waals surface area (Å²) in [6.45, 7) is 1.21. The van der Waals surface area contributed by atoms with Crippen LogP contribution < -0.4 is 5.32 Å². The number of rotatable bonds is 2. The lowest BCUT2D eigenvalue weighted by Crippen LogP contribution is -2.39. The Morgan fingerprint density at radius 2 is 2.14 bits per heavy atom. The number of hydrogen-bond acceptors (Lipinski definition) is 3. The van der Waals surface area contributed by atoms with Crippen LogP contribution in [-0.2, 0) is 20.0 Å². The van der Waals surface area contributed by atoms with Crippen molar-refractivity contribution in [2.24, 2.45) is 7.05 Å². The Balaban J connectivity index is 1.66. The minimum absolute atomic E-state index is 0.0879. The highest BCUT2D eigenvalue weighted by Crippen LogP contribution is 2.20. The average Bonchev–Trinajstić information content (AvgIpc) is 2.88. The molecule has 1 aliphatic rings. The molecular formula is C15H16N4O3. The number of amides is 2. The van der Waals surface area contributed by atoms with Crippen molar-refractivity contribution >= 4 is 17.8 Å². The second-order valence-electron chi connectivity index (χ2n) is 5.24. The normalized spacial score (nSPS) is 13.6. The van der Waals surface area contributed by atoms with Gasteiger partial charge in [-0.3, -0.25) is 5.32 Å². The Bertz CT molecular complexity index is 721. The zero-order valence-electron chi connectivity index (χ0n) is 12.1. The van der Waals surface area contributed by atoms with E-state index in [9.17, 15) is 9.59 Å². The summed E-state index contributed by atoms with van der Waals surface area (Å²) in [7, 11) is 2.00. The van der Waals surface area contributed by atoms with Gasteiger partial charge in [0.25, 0.3) is 0 Å². The van der Waals surface area contributed by atoms with E-state index < -0.39 is 5.97 Å². The van der Waals surface area contributed by atoms with E-state index >= 15 is 0 Å². The van der Waals surface area contributed by atoms with E-state index in [-0.39, 0.29) is 11.6 Å². The van der Waals surface area contributed by atoms with Crippen molar-refractivity contribution in [3.63, 3.8) is 0 Å². The first-order valence-electron chi connectivity index (χ1n) is 6.93. The van der Waals surface area contributed by atoms with Crippen LogP contribution in [0.25, 0.3) is 0 Å². The first kappa shape index (κ1) is 14.1. The van der Waals surface area contributed by atoms with Crippen molar-refractivity contribution in [3.05, 3.63) is 47.4 Å². The highest BCUT2D eigenvalue weighted by molar-refractivity contribution is 5.90. The summed E-state index contributed by atoms with van der Waals surface area (Å²) < 4.78 is 2.08. The highest BCUT2D eigenvalue weighted by Gasteiger charge is 2.22. The molecule has 0 unspecified atom stereocenters. The third-order valence-electron chi connectivity index (χ3n) is 3.81. The van der Waals surface area contributed by atoms with Gasteiger partial charge in [-0.2, -0.15) is 0 Å². The van der Waals surface area contributed by atoms with Gasteiger partial charge >= 0.3 is 12.0 Å². The Morgan fingerprint density at radius 3 is 2.82 bits per heavy atom. The van der Waals surface area contributed by atoms with E-state index in [1.54, 1.807) is 4.90 Å². The van der Waals surface area contributed by atoms with Crippen molar-refractivity contribution in [2.45, 2.75) is 13.0 Å². The maximum Gasteiger partial charge on any atom is 0.337 e. The Hall–Kier alpha value is -2.83. The number of hydrogen-bond donors (Lipinski definition) is 2. The molecule has 114 valence electrons. The number of fused-ring (bicyclic) bond motifs is 1. The van der Waals surface area contributed by atoms with Crippen LogP contribution in [0.15, 0.2) is 30.6 Å². The molecule has 0 spiro atoms. The van der Waals surface area contributed by atoms with E-state index in [0.29, 0.717) is 18.9 Å². The van der Waals surface area contributed by atoms with Crippen molar-refractivity contribution in [1.82, 2.24) is 14.5 Å². The molecule has 0 radical (unpaired) electrons. The summed E-state index contributed by atoms with van der Waals surface area (Å²) >= 11 is 0. The third kappa shape index (κ3) is 2.65. The van der Waals surface area contributed by atoms with Gasteiger partial charge < -0.3 is 14.6 Å². The predicted octanol–water partition coefficient (Wildman–Crippen LogP) is 1.71. The Kier molecular flexibility index (Phi) is 3.54. The molecule has 3 heterocycles. The number of carbonyl (C=O) groups is 2. The fourth-order valence-electron chi connectivity index (χ4n) is 2.58. The first-order valence-corrected chi connectivity index (χ1v) is 6.93. The molecule has 2 N–H and O–H groups in total. The van der Waals surface area contributed by atoms with E-state index in [1.165, 1.54) is 24.0 Å². The summed E-state index contributed by atoms with van der Waals surface area (Å²) in [6, 6.07) is 4.69. The van der Waals surface area contributed by atoms with E-state index in [1.807, 2.05) is 19.3 Å². The number of anilines is 1. The lowest BCUT2D eigenvalue weighted by Gasteiger charge is -2.27. The maximum atomic E-state index is 12.3. The van der Waals surface area contributed by atoms with Gasteiger partial charge in [-0.25, -0.2) is 14.6 Å². The monoisotopic (exact) mass is 300 g/mol. The number of nitrogens with one attached hydrogen (secondary N) is 1. The van der Waals surface area contributed by atoms with Gasteiger partial charge in [0.1, 0.15) is 5.82 Å². The molecule has 0 aromatic carbocycles. The largest absolute Gasteiger partial charge is 0.478 e. The standard InChI is InChI=1S/C15H16N4O3/c1-18-6-4-11-9-19(7-5-12(11)18)15(22)17-13-3-2-10(8-16-13)14(20)21/h2-4,6,8H,5,7,9H2,1H3,(H,20,21)(H,16,17,22). The van der Waals surface area contributed by atoms with Gasteiger partial charge in [-0.15, -0.1) is 0 Å². The quantitative estimate of drug-likeness (QED) is 0.884. The summed E-state index contributed by atoms with van der Waals surface area (Å²) in [4.78, 5) is 28.7. The van der Waals surface area contributed by atoms with Gasteiger partial charge in [0.2, 0.25) is 0 Å². The smallest absolute Gasteiger partial charge is 0.337 e. The Morgan fingerprint density at radius 1 is 1.32 bits per heavy atom. The van der Waals surface area contributed by atoms with Crippen LogP contribution in [0.5, 0.6) is 0 Å².